The van der Waals surface area contributed by atoms with E-state index in [4.69, 9.17) is 5.73 Å². The molecule has 3 rings (SSSR count). The molecule has 0 atom stereocenters. The topological polar surface area (TPSA) is 109 Å². The van der Waals surface area contributed by atoms with Crippen molar-refractivity contribution in [3.8, 4) is 0 Å². The van der Waals surface area contributed by atoms with Gasteiger partial charge in [0, 0.05) is 38.6 Å². The number of amides is 1. The zero-order valence-corrected chi connectivity index (χ0v) is 16.2. The van der Waals surface area contributed by atoms with Gasteiger partial charge in [-0.1, -0.05) is 26.0 Å². The van der Waals surface area contributed by atoms with Gasteiger partial charge in [0.15, 0.2) is 11.5 Å². The summed E-state index contributed by atoms with van der Waals surface area (Å²) in [5.41, 5.74) is 6.89. The molecular weight excluding hydrogens is 366 g/mol. The van der Waals surface area contributed by atoms with E-state index in [9.17, 15) is 13.2 Å². The van der Waals surface area contributed by atoms with Crippen molar-refractivity contribution in [3.63, 3.8) is 0 Å². The zero-order valence-electron chi connectivity index (χ0n) is 15.4. The van der Waals surface area contributed by atoms with Crippen LogP contribution in [-0.4, -0.2) is 59.7 Å². The van der Waals surface area contributed by atoms with Crippen LogP contribution in [0.5, 0.6) is 0 Å². The maximum Gasteiger partial charge on any atom is 0.276 e. The van der Waals surface area contributed by atoms with E-state index in [1.54, 1.807) is 17.0 Å². The summed E-state index contributed by atoms with van der Waals surface area (Å²) in [7, 11) is -3.58. The van der Waals surface area contributed by atoms with Gasteiger partial charge in [-0.3, -0.25) is 4.79 Å². The van der Waals surface area contributed by atoms with Crippen LogP contribution in [0.4, 0.5) is 5.82 Å². The quantitative estimate of drug-likeness (QED) is 0.845. The number of hydrogen-bond donors (Lipinski definition) is 1. The average Bonchev–Trinajstić information content (AvgIpc) is 2.68. The lowest BCUT2D eigenvalue weighted by Crippen LogP contribution is -2.50. The van der Waals surface area contributed by atoms with Crippen molar-refractivity contribution in [3.05, 3.63) is 47.9 Å². The molecule has 2 aromatic rings. The highest BCUT2D eigenvalue weighted by Crippen LogP contribution is 2.21. The SMILES string of the molecule is CC(C)c1ccc(S(=O)(=O)N2CCN(C(=O)c3nccnc3N)CC2)cc1. The lowest BCUT2D eigenvalue weighted by molar-refractivity contribution is 0.0692. The fourth-order valence-electron chi connectivity index (χ4n) is 2.97. The Morgan fingerprint density at radius 2 is 1.63 bits per heavy atom. The molecule has 1 saturated heterocycles. The second-order valence-corrected chi connectivity index (χ2v) is 8.65. The number of hydrogen-bond acceptors (Lipinski definition) is 6. The van der Waals surface area contributed by atoms with Gasteiger partial charge >= 0.3 is 0 Å². The first-order valence-corrected chi connectivity index (χ1v) is 10.2. The molecule has 2 heterocycles. The molecule has 0 saturated carbocycles. The van der Waals surface area contributed by atoms with Crippen LogP contribution in [0.1, 0.15) is 35.8 Å². The second-order valence-electron chi connectivity index (χ2n) is 6.71. The van der Waals surface area contributed by atoms with Crippen LogP contribution in [0.25, 0.3) is 0 Å². The van der Waals surface area contributed by atoms with Gasteiger partial charge in [-0.2, -0.15) is 4.31 Å². The predicted molar refractivity (Wildman–Crippen MR) is 102 cm³/mol. The minimum absolute atomic E-state index is 0.0720. The maximum atomic E-state index is 12.8. The fourth-order valence-corrected chi connectivity index (χ4v) is 4.39. The van der Waals surface area contributed by atoms with Gasteiger partial charge in [0.05, 0.1) is 4.90 Å². The summed E-state index contributed by atoms with van der Waals surface area (Å²) in [6.07, 6.45) is 2.83. The van der Waals surface area contributed by atoms with Gasteiger partial charge < -0.3 is 10.6 Å². The molecule has 0 aliphatic carbocycles. The number of nitrogens with zero attached hydrogens (tertiary/aromatic N) is 4. The molecule has 2 N–H and O–H groups in total. The Bertz CT molecular complexity index is 920. The standard InChI is InChI=1S/C18H23N5O3S/c1-13(2)14-3-5-15(6-4-14)27(25,26)23-11-9-22(10-12-23)18(24)16-17(19)21-8-7-20-16/h3-8,13H,9-12H2,1-2H3,(H2,19,21). The molecule has 9 heteroatoms. The molecule has 8 nitrogen and oxygen atoms in total. The molecular formula is C18H23N5O3S. The molecule has 1 aliphatic rings. The predicted octanol–water partition coefficient (Wildman–Crippen LogP) is 1.33. The summed E-state index contributed by atoms with van der Waals surface area (Å²) in [4.78, 5) is 22.2. The van der Waals surface area contributed by atoms with Crippen LogP contribution < -0.4 is 5.73 Å². The highest BCUT2D eigenvalue weighted by atomic mass is 32.2. The minimum atomic E-state index is -3.58. The summed E-state index contributed by atoms with van der Waals surface area (Å²) >= 11 is 0. The van der Waals surface area contributed by atoms with Crippen LogP contribution in [0, 0.1) is 0 Å². The molecule has 1 amide bonds. The lowest BCUT2D eigenvalue weighted by atomic mass is 10.0. The number of aromatic nitrogens is 2. The van der Waals surface area contributed by atoms with Gasteiger partial charge in [0.1, 0.15) is 0 Å². The van der Waals surface area contributed by atoms with Crippen molar-refractivity contribution < 1.29 is 13.2 Å². The maximum absolute atomic E-state index is 12.8. The van der Waals surface area contributed by atoms with E-state index in [-0.39, 0.29) is 48.5 Å². The molecule has 0 radical (unpaired) electrons. The summed E-state index contributed by atoms with van der Waals surface area (Å²) in [6.45, 7) is 5.11. The monoisotopic (exact) mass is 389 g/mol. The number of nitrogens with two attached hydrogens (primary N) is 1. The molecule has 1 aliphatic heterocycles. The fraction of sp³-hybridized carbons (Fsp3) is 0.389. The largest absolute Gasteiger partial charge is 0.382 e. The second kappa shape index (κ2) is 7.61. The molecule has 1 fully saturated rings. The molecule has 27 heavy (non-hydrogen) atoms. The smallest absolute Gasteiger partial charge is 0.276 e. The van der Waals surface area contributed by atoms with Crippen LogP contribution in [0.15, 0.2) is 41.6 Å². The van der Waals surface area contributed by atoms with E-state index in [1.807, 2.05) is 12.1 Å². The molecule has 1 aromatic heterocycles. The van der Waals surface area contributed by atoms with Crippen LogP contribution in [-0.2, 0) is 10.0 Å². The highest BCUT2D eigenvalue weighted by Gasteiger charge is 2.31. The average molecular weight is 389 g/mol. The molecule has 144 valence electrons. The van der Waals surface area contributed by atoms with E-state index >= 15 is 0 Å². The first-order valence-electron chi connectivity index (χ1n) is 8.76. The molecule has 1 aromatic carbocycles. The molecule has 0 bridgehead atoms. The summed E-state index contributed by atoms with van der Waals surface area (Å²) in [5, 5.41) is 0. The van der Waals surface area contributed by atoms with Crippen molar-refractivity contribution in [1.82, 2.24) is 19.2 Å². The Balaban J connectivity index is 1.69. The number of carbonyl (C=O) groups is 1. The van der Waals surface area contributed by atoms with Crippen molar-refractivity contribution in [2.75, 3.05) is 31.9 Å². The number of anilines is 1. The van der Waals surface area contributed by atoms with Gasteiger partial charge in [0.25, 0.3) is 5.91 Å². The van der Waals surface area contributed by atoms with Crippen molar-refractivity contribution in [2.24, 2.45) is 0 Å². The van der Waals surface area contributed by atoms with E-state index in [0.717, 1.165) is 5.56 Å². The molecule has 0 spiro atoms. The number of sulfonamides is 1. The Hall–Kier alpha value is -2.52. The van der Waals surface area contributed by atoms with Crippen LogP contribution in [0.2, 0.25) is 0 Å². The summed E-state index contributed by atoms with van der Waals surface area (Å²) < 4.78 is 27.1. The normalized spacial score (nSPS) is 15.9. The Morgan fingerprint density at radius 1 is 1.04 bits per heavy atom. The number of piperazine rings is 1. The van der Waals surface area contributed by atoms with Gasteiger partial charge in [-0.05, 0) is 23.6 Å². The first kappa shape index (κ1) is 19.2. The van der Waals surface area contributed by atoms with Crippen LogP contribution >= 0.6 is 0 Å². The number of rotatable bonds is 4. The van der Waals surface area contributed by atoms with E-state index in [0.29, 0.717) is 5.92 Å². The Morgan fingerprint density at radius 3 is 2.19 bits per heavy atom. The third-order valence-electron chi connectivity index (χ3n) is 4.64. The number of nitrogen functional groups attached to an aromatic ring is 1. The Kier molecular flexibility index (Phi) is 5.43. The first-order chi connectivity index (χ1) is 12.8. The summed E-state index contributed by atoms with van der Waals surface area (Å²) in [6, 6.07) is 6.97. The van der Waals surface area contributed by atoms with Crippen LogP contribution in [0.3, 0.4) is 0 Å². The van der Waals surface area contributed by atoms with E-state index < -0.39 is 10.0 Å². The summed E-state index contributed by atoms with van der Waals surface area (Å²) in [5.74, 6) is 0.0755. The molecule has 0 unspecified atom stereocenters. The minimum Gasteiger partial charge on any atom is -0.382 e. The lowest BCUT2D eigenvalue weighted by Gasteiger charge is -2.33. The highest BCUT2D eigenvalue weighted by molar-refractivity contribution is 7.89. The van der Waals surface area contributed by atoms with Crippen molar-refractivity contribution in [2.45, 2.75) is 24.7 Å². The van der Waals surface area contributed by atoms with Gasteiger partial charge in [-0.25, -0.2) is 18.4 Å². The third kappa shape index (κ3) is 3.93. The van der Waals surface area contributed by atoms with E-state index in [1.165, 1.54) is 16.7 Å². The van der Waals surface area contributed by atoms with Gasteiger partial charge in [0.2, 0.25) is 10.0 Å². The van der Waals surface area contributed by atoms with Crippen molar-refractivity contribution in [1.29, 1.82) is 0 Å². The number of benzene rings is 1. The van der Waals surface area contributed by atoms with E-state index in [2.05, 4.69) is 23.8 Å². The zero-order chi connectivity index (χ0) is 19.6. The van der Waals surface area contributed by atoms with Gasteiger partial charge in [-0.15, -0.1) is 0 Å². The Labute approximate surface area is 159 Å². The number of carbonyl (C=O) groups excluding carboxylic acids is 1. The third-order valence-corrected chi connectivity index (χ3v) is 6.55. The van der Waals surface area contributed by atoms with Crippen molar-refractivity contribution >= 4 is 21.7 Å².